The molecule has 0 saturated heterocycles. The highest BCUT2D eigenvalue weighted by Crippen LogP contribution is 2.26. The van der Waals surface area contributed by atoms with E-state index in [-0.39, 0.29) is 12.1 Å². The van der Waals surface area contributed by atoms with E-state index in [0.717, 1.165) is 17.2 Å². The second-order valence-corrected chi connectivity index (χ2v) is 4.56. The quantitative estimate of drug-likeness (QED) is 0.878. The average molecular weight is 272 g/mol. The van der Waals surface area contributed by atoms with Crippen molar-refractivity contribution in [2.45, 2.75) is 26.0 Å². The largest absolute Gasteiger partial charge is 0.494 e. The van der Waals surface area contributed by atoms with Gasteiger partial charge >= 0.3 is 0 Å². The Morgan fingerprint density at radius 1 is 1.15 bits per heavy atom. The molecule has 2 unspecified atom stereocenters. The van der Waals surface area contributed by atoms with Crippen molar-refractivity contribution in [1.82, 2.24) is 4.98 Å². The first-order valence-corrected chi connectivity index (χ1v) is 6.76. The summed E-state index contributed by atoms with van der Waals surface area (Å²) in [5.74, 6) is 1.51. The molecule has 0 fully saturated rings. The third-order valence-corrected chi connectivity index (χ3v) is 2.84. The fourth-order valence-corrected chi connectivity index (χ4v) is 1.93. The standard InChI is InChI=1S/C16H20N2O2/c1-3-19-13-7-6-8-14(11-13)20-16(12(2)17)15-9-4-5-10-18-15/h4-12,16H,3,17H2,1-2H3. The molecule has 2 N–H and O–H groups in total. The van der Waals surface area contributed by atoms with Crippen LogP contribution in [0.5, 0.6) is 11.5 Å². The van der Waals surface area contributed by atoms with Gasteiger partial charge in [0.1, 0.15) is 11.5 Å². The van der Waals surface area contributed by atoms with Crippen molar-refractivity contribution in [3.63, 3.8) is 0 Å². The van der Waals surface area contributed by atoms with Crippen molar-refractivity contribution < 1.29 is 9.47 Å². The van der Waals surface area contributed by atoms with Crippen LogP contribution in [-0.2, 0) is 0 Å². The Morgan fingerprint density at radius 2 is 1.95 bits per heavy atom. The molecule has 0 aliphatic heterocycles. The normalized spacial score (nSPS) is 13.6. The van der Waals surface area contributed by atoms with Crippen molar-refractivity contribution in [2.75, 3.05) is 6.61 Å². The van der Waals surface area contributed by atoms with E-state index >= 15 is 0 Å². The maximum absolute atomic E-state index is 6.02. The van der Waals surface area contributed by atoms with Crippen LogP contribution >= 0.6 is 0 Å². The Bertz CT molecular complexity index is 529. The minimum Gasteiger partial charge on any atom is -0.494 e. The molecule has 0 saturated carbocycles. The molecule has 4 nitrogen and oxygen atoms in total. The summed E-state index contributed by atoms with van der Waals surface area (Å²) in [6, 6.07) is 13.1. The molecule has 20 heavy (non-hydrogen) atoms. The van der Waals surface area contributed by atoms with Crippen molar-refractivity contribution in [1.29, 1.82) is 0 Å². The number of pyridine rings is 1. The molecule has 0 radical (unpaired) electrons. The van der Waals surface area contributed by atoms with Gasteiger partial charge in [-0.15, -0.1) is 0 Å². The predicted molar refractivity (Wildman–Crippen MR) is 78.9 cm³/mol. The summed E-state index contributed by atoms with van der Waals surface area (Å²) in [6.07, 6.45) is 1.46. The molecule has 1 aromatic heterocycles. The van der Waals surface area contributed by atoms with Crippen LogP contribution in [0.4, 0.5) is 0 Å². The van der Waals surface area contributed by atoms with Crippen LogP contribution in [0, 0.1) is 0 Å². The average Bonchev–Trinajstić information content (AvgIpc) is 2.46. The van der Waals surface area contributed by atoms with Gasteiger partial charge in [0.05, 0.1) is 12.3 Å². The van der Waals surface area contributed by atoms with E-state index in [1.165, 1.54) is 0 Å². The van der Waals surface area contributed by atoms with Crippen LogP contribution in [0.1, 0.15) is 25.6 Å². The van der Waals surface area contributed by atoms with Crippen LogP contribution < -0.4 is 15.2 Å². The lowest BCUT2D eigenvalue weighted by Crippen LogP contribution is -2.29. The zero-order chi connectivity index (χ0) is 14.4. The van der Waals surface area contributed by atoms with Crippen molar-refractivity contribution in [2.24, 2.45) is 5.73 Å². The van der Waals surface area contributed by atoms with Crippen LogP contribution in [0.25, 0.3) is 0 Å². The van der Waals surface area contributed by atoms with Gasteiger partial charge in [0, 0.05) is 18.3 Å². The van der Waals surface area contributed by atoms with E-state index in [0.29, 0.717) is 6.61 Å². The zero-order valence-corrected chi connectivity index (χ0v) is 11.8. The topological polar surface area (TPSA) is 57.4 Å². The lowest BCUT2D eigenvalue weighted by atomic mass is 10.1. The molecule has 106 valence electrons. The molecule has 0 amide bonds. The SMILES string of the molecule is CCOc1cccc(OC(c2ccccn2)C(C)N)c1. The molecular formula is C16H20N2O2. The predicted octanol–water partition coefficient (Wildman–Crippen LogP) is 2.95. The first-order valence-electron chi connectivity index (χ1n) is 6.76. The van der Waals surface area contributed by atoms with E-state index in [4.69, 9.17) is 15.2 Å². The van der Waals surface area contributed by atoms with Crippen LogP contribution in [-0.4, -0.2) is 17.6 Å². The van der Waals surface area contributed by atoms with Gasteiger partial charge in [0.15, 0.2) is 6.10 Å². The number of nitrogens with two attached hydrogens (primary N) is 1. The van der Waals surface area contributed by atoms with E-state index in [2.05, 4.69) is 4.98 Å². The molecular weight excluding hydrogens is 252 g/mol. The second-order valence-electron chi connectivity index (χ2n) is 4.56. The molecule has 0 spiro atoms. The molecule has 2 aromatic rings. The van der Waals surface area contributed by atoms with Gasteiger partial charge in [0.25, 0.3) is 0 Å². The van der Waals surface area contributed by atoms with Gasteiger partial charge in [-0.3, -0.25) is 4.98 Å². The summed E-state index contributed by atoms with van der Waals surface area (Å²) in [4.78, 5) is 4.32. The lowest BCUT2D eigenvalue weighted by Gasteiger charge is -2.22. The Labute approximate surface area is 119 Å². The summed E-state index contributed by atoms with van der Waals surface area (Å²) in [7, 11) is 0. The fraction of sp³-hybridized carbons (Fsp3) is 0.312. The Balaban J connectivity index is 2.18. The Morgan fingerprint density at radius 3 is 2.60 bits per heavy atom. The van der Waals surface area contributed by atoms with E-state index in [1.54, 1.807) is 6.20 Å². The van der Waals surface area contributed by atoms with E-state index in [1.807, 2.05) is 56.3 Å². The van der Waals surface area contributed by atoms with Gasteiger partial charge in [0.2, 0.25) is 0 Å². The monoisotopic (exact) mass is 272 g/mol. The first-order chi connectivity index (χ1) is 9.70. The molecule has 1 aromatic carbocycles. The maximum atomic E-state index is 6.02. The van der Waals surface area contributed by atoms with Crippen molar-refractivity contribution in [3.8, 4) is 11.5 Å². The number of hydrogen-bond acceptors (Lipinski definition) is 4. The lowest BCUT2D eigenvalue weighted by molar-refractivity contribution is 0.175. The van der Waals surface area contributed by atoms with Gasteiger partial charge in [-0.25, -0.2) is 0 Å². The van der Waals surface area contributed by atoms with Gasteiger partial charge in [-0.2, -0.15) is 0 Å². The first kappa shape index (κ1) is 14.3. The summed E-state index contributed by atoms with van der Waals surface area (Å²) < 4.78 is 11.4. The minimum absolute atomic E-state index is 0.166. The molecule has 2 rings (SSSR count). The summed E-state index contributed by atoms with van der Waals surface area (Å²) in [5.41, 5.74) is 6.84. The molecule has 1 heterocycles. The van der Waals surface area contributed by atoms with Gasteiger partial charge in [-0.05, 0) is 38.1 Å². The van der Waals surface area contributed by atoms with Gasteiger partial charge < -0.3 is 15.2 Å². The molecule has 4 heteroatoms. The molecule has 0 aliphatic carbocycles. The van der Waals surface area contributed by atoms with Crippen LogP contribution in [0.2, 0.25) is 0 Å². The van der Waals surface area contributed by atoms with E-state index < -0.39 is 0 Å². The van der Waals surface area contributed by atoms with Crippen LogP contribution in [0.3, 0.4) is 0 Å². The summed E-state index contributed by atoms with van der Waals surface area (Å²) in [5, 5.41) is 0. The number of nitrogens with zero attached hydrogens (tertiary/aromatic N) is 1. The third-order valence-electron chi connectivity index (χ3n) is 2.84. The van der Waals surface area contributed by atoms with E-state index in [9.17, 15) is 0 Å². The highest BCUT2D eigenvalue weighted by molar-refractivity contribution is 5.33. The number of aromatic nitrogens is 1. The third kappa shape index (κ3) is 3.71. The number of rotatable bonds is 6. The smallest absolute Gasteiger partial charge is 0.155 e. The number of hydrogen-bond donors (Lipinski definition) is 1. The second kappa shape index (κ2) is 6.91. The number of ether oxygens (including phenoxy) is 2. The molecule has 2 atom stereocenters. The zero-order valence-electron chi connectivity index (χ0n) is 11.8. The summed E-state index contributed by atoms with van der Waals surface area (Å²) >= 11 is 0. The highest BCUT2D eigenvalue weighted by atomic mass is 16.5. The summed E-state index contributed by atoms with van der Waals surface area (Å²) in [6.45, 7) is 4.48. The maximum Gasteiger partial charge on any atom is 0.155 e. The van der Waals surface area contributed by atoms with Gasteiger partial charge in [-0.1, -0.05) is 12.1 Å². The van der Waals surface area contributed by atoms with Crippen molar-refractivity contribution in [3.05, 3.63) is 54.4 Å². The molecule has 0 bridgehead atoms. The Kier molecular flexibility index (Phi) is 4.96. The Hall–Kier alpha value is -2.07. The molecule has 0 aliphatic rings. The van der Waals surface area contributed by atoms with Crippen molar-refractivity contribution >= 4 is 0 Å². The van der Waals surface area contributed by atoms with Crippen LogP contribution in [0.15, 0.2) is 48.7 Å². The minimum atomic E-state index is -0.284. The highest BCUT2D eigenvalue weighted by Gasteiger charge is 2.19. The fourth-order valence-electron chi connectivity index (χ4n) is 1.93. The number of benzene rings is 1.